The number of alkyl halides is 3. The number of benzene rings is 3. The first-order valence-electron chi connectivity index (χ1n) is 9.82. The molecule has 0 fully saturated rings. The average Bonchev–Trinajstić information content (AvgIpc) is 2.81. The van der Waals surface area contributed by atoms with E-state index >= 15 is 0 Å². The molecule has 0 bridgehead atoms. The second-order valence-corrected chi connectivity index (χ2v) is 9.89. The van der Waals surface area contributed by atoms with Crippen LogP contribution in [-0.2, 0) is 21.0 Å². The van der Waals surface area contributed by atoms with Gasteiger partial charge in [-0.15, -0.1) is 0 Å². The van der Waals surface area contributed by atoms with Gasteiger partial charge in [0.05, 0.1) is 21.9 Å². The molecule has 0 aromatic heterocycles. The molecule has 11 heteroatoms. The van der Waals surface area contributed by atoms with E-state index in [9.17, 15) is 26.4 Å². The van der Waals surface area contributed by atoms with E-state index in [0.717, 1.165) is 22.2 Å². The van der Waals surface area contributed by atoms with Crippen molar-refractivity contribution in [1.29, 1.82) is 0 Å². The van der Waals surface area contributed by atoms with Gasteiger partial charge in [-0.2, -0.15) is 18.3 Å². The van der Waals surface area contributed by atoms with Crippen LogP contribution in [0.3, 0.4) is 0 Å². The van der Waals surface area contributed by atoms with Crippen molar-refractivity contribution in [3.05, 3.63) is 94.5 Å². The zero-order valence-corrected chi connectivity index (χ0v) is 20.2. The Hall–Kier alpha value is -3.18. The summed E-state index contributed by atoms with van der Waals surface area (Å²) in [7, 11) is -4.36. The molecule has 178 valence electrons. The first-order chi connectivity index (χ1) is 16.0. The van der Waals surface area contributed by atoms with Crippen molar-refractivity contribution in [2.75, 3.05) is 10.8 Å². The molecule has 0 radical (unpaired) electrons. The Morgan fingerprint density at radius 2 is 1.65 bits per heavy atom. The van der Waals surface area contributed by atoms with Crippen LogP contribution >= 0.6 is 15.9 Å². The highest BCUT2D eigenvalue weighted by molar-refractivity contribution is 9.10. The van der Waals surface area contributed by atoms with Crippen molar-refractivity contribution in [2.24, 2.45) is 5.10 Å². The normalized spacial score (nSPS) is 12.3. The summed E-state index contributed by atoms with van der Waals surface area (Å²) in [5, 5.41) is 3.98. The number of rotatable bonds is 7. The summed E-state index contributed by atoms with van der Waals surface area (Å²) in [6.07, 6.45) is -4.69. The van der Waals surface area contributed by atoms with Crippen LogP contribution in [-0.4, -0.2) is 26.6 Å². The number of anilines is 1. The van der Waals surface area contributed by atoms with Crippen LogP contribution in [0.1, 0.15) is 18.1 Å². The summed E-state index contributed by atoms with van der Waals surface area (Å²) in [4.78, 5) is 12.5. The van der Waals surface area contributed by atoms with Gasteiger partial charge in [0.1, 0.15) is 6.54 Å². The zero-order chi connectivity index (χ0) is 24.9. The fraction of sp³-hybridized carbons (Fsp3) is 0.130. The van der Waals surface area contributed by atoms with E-state index in [1.807, 2.05) is 0 Å². The highest BCUT2D eigenvalue weighted by Gasteiger charge is 2.33. The third-order valence-electron chi connectivity index (χ3n) is 4.69. The van der Waals surface area contributed by atoms with Gasteiger partial charge in [0.25, 0.3) is 15.9 Å². The van der Waals surface area contributed by atoms with E-state index in [2.05, 4.69) is 26.5 Å². The standard InChI is InChI=1S/C23H19BrF3N3O3S/c1-16(17-10-12-19(24)13-11-17)28-29-22(31)15-30(34(32,33)21-8-3-2-4-9-21)20-7-5-6-18(14-20)23(25,26)27/h2-14H,15H2,1H3,(H,29,31)/b28-16-. The maximum absolute atomic E-state index is 13.2. The van der Waals surface area contributed by atoms with Gasteiger partial charge in [-0.1, -0.05) is 52.3 Å². The fourth-order valence-electron chi connectivity index (χ4n) is 2.94. The van der Waals surface area contributed by atoms with Crippen LogP contribution in [0.2, 0.25) is 0 Å². The minimum absolute atomic E-state index is 0.172. The van der Waals surface area contributed by atoms with Crippen molar-refractivity contribution < 1.29 is 26.4 Å². The molecule has 1 amide bonds. The number of hydrogen-bond donors (Lipinski definition) is 1. The Bertz CT molecular complexity index is 1300. The highest BCUT2D eigenvalue weighted by atomic mass is 79.9. The van der Waals surface area contributed by atoms with Crippen molar-refractivity contribution in [1.82, 2.24) is 5.43 Å². The summed E-state index contributed by atoms with van der Waals surface area (Å²) in [6.45, 7) is 0.866. The number of nitrogens with one attached hydrogen (secondary N) is 1. The first kappa shape index (κ1) is 25.4. The van der Waals surface area contributed by atoms with Crippen LogP contribution in [0.4, 0.5) is 18.9 Å². The number of hydrazone groups is 1. The Labute approximate surface area is 203 Å². The first-order valence-corrected chi connectivity index (χ1v) is 12.1. The molecule has 34 heavy (non-hydrogen) atoms. The summed E-state index contributed by atoms with van der Waals surface area (Å²) in [6, 6.07) is 18.0. The maximum atomic E-state index is 13.2. The van der Waals surface area contributed by atoms with Gasteiger partial charge in [0.15, 0.2) is 0 Å². The lowest BCUT2D eigenvalue weighted by molar-refractivity contribution is -0.137. The van der Waals surface area contributed by atoms with Crippen molar-refractivity contribution in [2.45, 2.75) is 18.0 Å². The second kappa shape index (κ2) is 10.4. The van der Waals surface area contributed by atoms with Crippen LogP contribution in [0, 0.1) is 0 Å². The molecule has 0 aliphatic heterocycles. The summed E-state index contributed by atoms with van der Waals surface area (Å²) in [5.41, 5.74) is 2.10. The van der Waals surface area contributed by atoms with E-state index in [4.69, 9.17) is 0 Å². The Balaban J connectivity index is 1.92. The molecule has 3 aromatic carbocycles. The number of carbonyl (C=O) groups excluding carboxylic acids is 1. The molecule has 1 N–H and O–H groups in total. The van der Waals surface area contributed by atoms with Crippen molar-refractivity contribution >= 4 is 43.3 Å². The number of amides is 1. The van der Waals surface area contributed by atoms with Crippen molar-refractivity contribution in [3.8, 4) is 0 Å². The lowest BCUT2D eigenvalue weighted by Crippen LogP contribution is -2.39. The Morgan fingerprint density at radius 1 is 1.00 bits per heavy atom. The molecular formula is C23H19BrF3N3O3S. The van der Waals surface area contributed by atoms with Gasteiger partial charge < -0.3 is 0 Å². The van der Waals surface area contributed by atoms with E-state index in [1.165, 1.54) is 30.3 Å². The monoisotopic (exact) mass is 553 g/mol. The summed E-state index contributed by atoms with van der Waals surface area (Å²) < 4.78 is 67.7. The van der Waals surface area contributed by atoms with Gasteiger partial charge in [0, 0.05) is 4.47 Å². The van der Waals surface area contributed by atoms with Gasteiger partial charge in [-0.25, -0.2) is 13.8 Å². The molecule has 0 spiro atoms. The number of nitrogens with zero attached hydrogens (tertiary/aromatic N) is 2. The smallest absolute Gasteiger partial charge is 0.271 e. The zero-order valence-electron chi connectivity index (χ0n) is 17.8. The molecule has 0 saturated heterocycles. The van der Waals surface area contributed by atoms with Gasteiger partial charge in [-0.3, -0.25) is 9.10 Å². The van der Waals surface area contributed by atoms with Gasteiger partial charge in [-0.05, 0) is 55.0 Å². The minimum Gasteiger partial charge on any atom is -0.271 e. The quantitative estimate of drug-likeness (QED) is 0.322. The maximum Gasteiger partial charge on any atom is 0.416 e. The molecular weight excluding hydrogens is 535 g/mol. The molecule has 0 atom stereocenters. The lowest BCUT2D eigenvalue weighted by Gasteiger charge is -2.24. The van der Waals surface area contributed by atoms with E-state index < -0.39 is 34.2 Å². The molecule has 0 saturated carbocycles. The van der Waals surface area contributed by atoms with Crippen LogP contribution in [0.15, 0.2) is 93.3 Å². The van der Waals surface area contributed by atoms with Gasteiger partial charge >= 0.3 is 6.18 Å². The molecule has 3 rings (SSSR count). The predicted molar refractivity (Wildman–Crippen MR) is 127 cm³/mol. The fourth-order valence-corrected chi connectivity index (χ4v) is 4.64. The average molecular weight is 554 g/mol. The highest BCUT2D eigenvalue weighted by Crippen LogP contribution is 2.33. The Morgan fingerprint density at radius 3 is 2.26 bits per heavy atom. The van der Waals surface area contributed by atoms with Crippen LogP contribution in [0.5, 0.6) is 0 Å². The third kappa shape index (κ3) is 6.23. The molecule has 6 nitrogen and oxygen atoms in total. The van der Waals surface area contributed by atoms with E-state index in [-0.39, 0.29) is 10.6 Å². The lowest BCUT2D eigenvalue weighted by atomic mass is 10.1. The number of halogens is 4. The van der Waals surface area contributed by atoms with Crippen LogP contribution < -0.4 is 9.73 Å². The molecule has 0 heterocycles. The molecule has 0 unspecified atom stereocenters. The summed E-state index contributed by atoms with van der Waals surface area (Å²) in [5.74, 6) is -0.826. The topological polar surface area (TPSA) is 78.8 Å². The third-order valence-corrected chi connectivity index (χ3v) is 7.01. The molecule has 0 aliphatic carbocycles. The predicted octanol–water partition coefficient (Wildman–Crippen LogP) is 5.20. The SMILES string of the molecule is C/C(=N/NC(=O)CN(c1cccc(C(F)(F)F)c1)S(=O)(=O)c1ccccc1)c1ccc(Br)cc1. The van der Waals surface area contributed by atoms with E-state index in [1.54, 1.807) is 37.3 Å². The van der Waals surface area contributed by atoms with E-state index in [0.29, 0.717) is 16.1 Å². The molecule has 0 aliphatic rings. The number of sulfonamides is 1. The van der Waals surface area contributed by atoms with Crippen molar-refractivity contribution in [3.63, 3.8) is 0 Å². The summed E-state index contributed by atoms with van der Waals surface area (Å²) >= 11 is 3.32. The number of hydrogen-bond acceptors (Lipinski definition) is 4. The van der Waals surface area contributed by atoms with Gasteiger partial charge in [0.2, 0.25) is 0 Å². The minimum atomic E-state index is -4.69. The molecule has 3 aromatic rings. The number of carbonyl (C=O) groups is 1. The second-order valence-electron chi connectivity index (χ2n) is 7.11. The van der Waals surface area contributed by atoms with Crippen LogP contribution in [0.25, 0.3) is 0 Å². The Kier molecular flexibility index (Phi) is 7.78. The largest absolute Gasteiger partial charge is 0.416 e.